The summed E-state index contributed by atoms with van der Waals surface area (Å²) in [7, 11) is 0. The zero-order valence-corrected chi connectivity index (χ0v) is 16.9. The molecule has 1 aromatic rings. The molecule has 0 unspecified atom stereocenters. The third-order valence-electron chi connectivity index (χ3n) is 5.74. The molecule has 28 heavy (non-hydrogen) atoms. The van der Waals surface area contributed by atoms with Crippen LogP contribution in [-0.4, -0.2) is 60.0 Å². The van der Waals surface area contributed by atoms with Gasteiger partial charge < -0.3 is 19.7 Å². The van der Waals surface area contributed by atoms with Crippen LogP contribution in [0.2, 0.25) is 0 Å². The second-order valence-electron chi connectivity index (χ2n) is 7.74. The Hall–Kier alpha value is -1.71. The smallest absolute Gasteiger partial charge is 0.321 e. The number of anilines is 1. The number of ether oxygens (including phenoxy) is 2. The van der Waals surface area contributed by atoms with Crippen molar-refractivity contribution in [2.45, 2.75) is 63.2 Å². The van der Waals surface area contributed by atoms with E-state index in [2.05, 4.69) is 15.6 Å². The summed E-state index contributed by atoms with van der Waals surface area (Å²) in [5.41, 5.74) is 0.691. The molecule has 3 aliphatic rings. The molecule has 8 nitrogen and oxygen atoms in total. The van der Waals surface area contributed by atoms with E-state index in [0.717, 1.165) is 12.8 Å². The van der Waals surface area contributed by atoms with Crippen molar-refractivity contribution in [3.05, 3.63) is 11.1 Å². The highest BCUT2D eigenvalue weighted by atomic mass is 32.1. The van der Waals surface area contributed by atoms with Gasteiger partial charge in [0.25, 0.3) is 0 Å². The first-order valence-electron chi connectivity index (χ1n) is 10.2. The summed E-state index contributed by atoms with van der Waals surface area (Å²) >= 11 is 1.35. The van der Waals surface area contributed by atoms with Crippen molar-refractivity contribution < 1.29 is 19.1 Å². The third-order valence-corrected chi connectivity index (χ3v) is 6.54. The molecule has 4 rings (SSSR count). The Bertz CT molecular complexity index is 688. The van der Waals surface area contributed by atoms with Crippen LogP contribution in [0.25, 0.3) is 0 Å². The molecular weight excluding hydrogens is 380 g/mol. The molecule has 9 heteroatoms. The minimum atomic E-state index is -0.472. The molecule has 1 aromatic heterocycles. The number of carbonyl (C=O) groups is 2. The molecule has 3 fully saturated rings. The summed E-state index contributed by atoms with van der Waals surface area (Å²) in [6.45, 7) is 2.55. The average Bonchev–Trinajstić information content (AvgIpc) is 3.33. The van der Waals surface area contributed by atoms with Gasteiger partial charge in [-0.1, -0.05) is 19.3 Å². The van der Waals surface area contributed by atoms with Crippen LogP contribution in [0.15, 0.2) is 5.38 Å². The number of hydrogen-bond acceptors (Lipinski definition) is 6. The van der Waals surface area contributed by atoms with Gasteiger partial charge in [-0.15, -0.1) is 11.3 Å². The van der Waals surface area contributed by atoms with Gasteiger partial charge >= 0.3 is 6.03 Å². The maximum atomic E-state index is 12.6. The zero-order chi connectivity index (χ0) is 19.4. The van der Waals surface area contributed by atoms with Gasteiger partial charge in [0, 0.05) is 37.4 Å². The fourth-order valence-electron chi connectivity index (χ4n) is 4.16. The van der Waals surface area contributed by atoms with E-state index in [0.29, 0.717) is 50.0 Å². The fourth-order valence-corrected chi connectivity index (χ4v) is 4.87. The quantitative estimate of drug-likeness (QED) is 0.799. The van der Waals surface area contributed by atoms with E-state index in [9.17, 15) is 9.59 Å². The lowest BCUT2D eigenvalue weighted by atomic mass is 9.96. The molecule has 2 aliphatic heterocycles. The Kier molecular flexibility index (Phi) is 6.13. The highest BCUT2D eigenvalue weighted by Crippen LogP contribution is 2.31. The van der Waals surface area contributed by atoms with Crippen molar-refractivity contribution in [1.29, 1.82) is 0 Å². The van der Waals surface area contributed by atoms with Crippen molar-refractivity contribution in [2.24, 2.45) is 0 Å². The van der Waals surface area contributed by atoms with Crippen LogP contribution in [0.3, 0.4) is 0 Å². The maximum Gasteiger partial charge on any atom is 0.321 e. The number of likely N-dealkylation sites (tertiary alicyclic amines) is 1. The van der Waals surface area contributed by atoms with Crippen molar-refractivity contribution >= 4 is 28.4 Å². The number of urea groups is 1. The Morgan fingerprint density at radius 2 is 1.89 bits per heavy atom. The van der Waals surface area contributed by atoms with Crippen LogP contribution in [0.5, 0.6) is 0 Å². The minimum Gasteiger partial charge on any atom is -0.347 e. The van der Waals surface area contributed by atoms with E-state index in [1.54, 1.807) is 0 Å². The highest BCUT2D eigenvalue weighted by Gasteiger charge is 2.40. The zero-order valence-electron chi connectivity index (χ0n) is 16.1. The SMILES string of the molecule is O=C(Nc1nc(CC(=O)N2CCC3(CC2)OCCO3)cs1)NC1CCCCC1. The molecule has 3 heterocycles. The van der Waals surface area contributed by atoms with Gasteiger partial charge in [0.15, 0.2) is 10.9 Å². The first kappa shape index (κ1) is 19.6. The molecule has 0 radical (unpaired) electrons. The van der Waals surface area contributed by atoms with Gasteiger partial charge in [-0.3, -0.25) is 10.1 Å². The van der Waals surface area contributed by atoms with Crippen LogP contribution in [-0.2, 0) is 20.7 Å². The summed E-state index contributed by atoms with van der Waals surface area (Å²) in [5, 5.41) is 8.17. The van der Waals surface area contributed by atoms with E-state index in [1.165, 1.54) is 30.6 Å². The van der Waals surface area contributed by atoms with Gasteiger partial charge in [0.1, 0.15) is 0 Å². The normalized spacial score (nSPS) is 22.4. The molecule has 1 aliphatic carbocycles. The van der Waals surface area contributed by atoms with Gasteiger partial charge in [-0.25, -0.2) is 9.78 Å². The Morgan fingerprint density at radius 3 is 2.61 bits per heavy atom. The Labute approximate surface area is 169 Å². The van der Waals surface area contributed by atoms with Crippen molar-refractivity contribution in [1.82, 2.24) is 15.2 Å². The minimum absolute atomic E-state index is 0.0522. The number of nitrogens with zero attached hydrogens (tertiary/aromatic N) is 2. The molecular formula is C19H28N4O4S. The van der Waals surface area contributed by atoms with E-state index < -0.39 is 5.79 Å². The number of piperidine rings is 1. The number of carbonyl (C=O) groups excluding carboxylic acids is 2. The molecule has 2 saturated heterocycles. The number of rotatable bonds is 4. The van der Waals surface area contributed by atoms with Gasteiger partial charge in [0.2, 0.25) is 5.91 Å². The fraction of sp³-hybridized carbons (Fsp3) is 0.737. The summed E-state index contributed by atoms with van der Waals surface area (Å²) in [5.74, 6) is -0.420. The van der Waals surface area contributed by atoms with Crippen LogP contribution < -0.4 is 10.6 Å². The molecule has 2 N–H and O–H groups in total. The number of nitrogens with one attached hydrogen (secondary N) is 2. The Morgan fingerprint density at radius 1 is 1.18 bits per heavy atom. The summed E-state index contributed by atoms with van der Waals surface area (Å²) < 4.78 is 11.4. The predicted octanol–water partition coefficient (Wildman–Crippen LogP) is 2.51. The lowest BCUT2D eigenvalue weighted by Crippen LogP contribution is -2.47. The second kappa shape index (κ2) is 8.75. The average molecular weight is 409 g/mol. The number of hydrogen-bond donors (Lipinski definition) is 2. The maximum absolute atomic E-state index is 12.6. The first-order valence-corrected chi connectivity index (χ1v) is 11.1. The summed E-state index contributed by atoms with van der Waals surface area (Å²) in [4.78, 5) is 30.9. The molecule has 0 aromatic carbocycles. The summed E-state index contributed by atoms with van der Waals surface area (Å²) in [6.07, 6.45) is 7.35. The van der Waals surface area contributed by atoms with E-state index >= 15 is 0 Å². The standard InChI is InChI=1S/C19H28N4O4S/c24-16(23-8-6-19(7-9-23)26-10-11-27-19)12-15-13-28-18(21-15)22-17(25)20-14-4-2-1-3-5-14/h13-14H,1-12H2,(H2,20,21,22,25). The number of aromatic nitrogens is 1. The topological polar surface area (TPSA) is 92.8 Å². The Balaban J connectivity index is 1.23. The monoisotopic (exact) mass is 408 g/mol. The van der Waals surface area contributed by atoms with Crippen LogP contribution in [0.1, 0.15) is 50.6 Å². The van der Waals surface area contributed by atoms with E-state index in [1.807, 2.05) is 10.3 Å². The van der Waals surface area contributed by atoms with Crippen LogP contribution in [0, 0.1) is 0 Å². The number of amides is 3. The predicted molar refractivity (Wildman–Crippen MR) is 105 cm³/mol. The molecule has 1 saturated carbocycles. The highest BCUT2D eigenvalue weighted by molar-refractivity contribution is 7.13. The van der Waals surface area contributed by atoms with Gasteiger partial charge in [-0.2, -0.15) is 0 Å². The van der Waals surface area contributed by atoms with Crippen molar-refractivity contribution in [3.63, 3.8) is 0 Å². The molecule has 1 spiro atoms. The second-order valence-corrected chi connectivity index (χ2v) is 8.60. The molecule has 0 atom stereocenters. The lowest BCUT2D eigenvalue weighted by Gasteiger charge is -2.37. The first-order chi connectivity index (χ1) is 13.6. The third kappa shape index (κ3) is 4.82. The van der Waals surface area contributed by atoms with Crippen molar-refractivity contribution in [2.75, 3.05) is 31.6 Å². The molecule has 3 amide bonds. The van der Waals surface area contributed by atoms with Crippen LogP contribution >= 0.6 is 11.3 Å². The van der Waals surface area contributed by atoms with E-state index in [-0.39, 0.29) is 24.4 Å². The van der Waals surface area contributed by atoms with Gasteiger partial charge in [0.05, 0.1) is 25.3 Å². The van der Waals surface area contributed by atoms with Gasteiger partial charge in [-0.05, 0) is 12.8 Å². The van der Waals surface area contributed by atoms with Crippen LogP contribution in [0.4, 0.5) is 9.93 Å². The largest absolute Gasteiger partial charge is 0.347 e. The van der Waals surface area contributed by atoms with Crippen molar-refractivity contribution in [3.8, 4) is 0 Å². The van der Waals surface area contributed by atoms with E-state index in [4.69, 9.17) is 9.47 Å². The molecule has 154 valence electrons. The number of thiazole rings is 1. The molecule has 0 bridgehead atoms. The lowest BCUT2D eigenvalue weighted by molar-refractivity contribution is -0.187. The summed E-state index contributed by atoms with van der Waals surface area (Å²) in [6, 6.07) is 0.0435.